The largest absolute Gasteiger partial charge is 0.508 e. The smallest absolute Gasteiger partial charge is 0.222 e. The van der Waals surface area contributed by atoms with Crippen LogP contribution in [-0.2, 0) is 49.1 Å². The molecule has 0 fully saturated rings. The monoisotopic (exact) mass is 705 g/mol. The van der Waals surface area contributed by atoms with Gasteiger partial charge in [0, 0.05) is 31.6 Å². The molecule has 0 aliphatic carbocycles. The first kappa shape index (κ1) is 40.9. The average molecular weight is 706 g/mol. The number of hydrogen-bond acceptors (Lipinski definition) is 14. The lowest BCUT2D eigenvalue weighted by atomic mass is 10.1. The van der Waals surface area contributed by atoms with Crippen LogP contribution >= 0.6 is 0 Å². The zero-order chi connectivity index (χ0) is 35.3. The first-order chi connectivity index (χ1) is 24.6. The lowest BCUT2D eigenvalue weighted by Gasteiger charge is -2.09. The van der Waals surface area contributed by atoms with Crippen LogP contribution < -0.4 is 5.32 Å². The second-order valence-corrected chi connectivity index (χ2v) is 10.9. The number of aromatic nitrogens is 2. The first-order valence-electron chi connectivity index (χ1n) is 17.0. The fourth-order valence-corrected chi connectivity index (χ4v) is 4.34. The highest BCUT2D eigenvalue weighted by molar-refractivity contribution is 5.98. The third kappa shape index (κ3) is 19.6. The van der Waals surface area contributed by atoms with Crippen molar-refractivity contribution in [1.82, 2.24) is 15.6 Å². The number of benzene rings is 2. The Morgan fingerprint density at radius 2 is 1.06 bits per heavy atom. The van der Waals surface area contributed by atoms with E-state index in [9.17, 15) is 14.7 Å². The molecule has 2 N–H and O–H groups in total. The van der Waals surface area contributed by atoms with Crippen LogP contribution in [0.3, 0.4) is 0 Å². The van der Waals surface area contributed by atoms with E-state index in [1.165, 1.54) is 0 Å². The van der Waals surface area contributed by atoms with Crippen LogP contribution in [0.4, 0.5) is 0 Å². The average Bonchev–Trinajstić information content (AvgIpc) is 3.60. The Morgan fingerprint density at radius 1 is 0.580 bits per heavy atom. The summed E-state index contributed by atoms with van der Waals surface area (Å²) in [6, 6.07) is 12.1. The summed E-state index contributed by atoms with van der Waals surface area (Å²) < 4.78 is 48.5. The molecule has 15 nitrogen and oxygen atoms in total. The van der Waals surface area contributed by atoms with E-state index in [1.54, 1.807) is 30.3 Å². The summed E-state index contributed by atoms with van der Waals surface area (Å²) in [5.41, 5.74) is 2.84. The number of nitrogens with one attached hydrogen (secondary N) is 1. The molecule has 15 heteroatoms. The van der Waals surface area contributed by atoms with Crippen molar-refractivity contribution in [2.24, 2.45) is 0 Å². The van der Waals surface area contributed by atoms with Crippen molar-refractivity contribution in [3.05, 3.63) is 53.6 Å². The fraction of sp³-hybridized carbons (Fsp3) is 0.600. The molecular formula is C35H51N3O12. The number of carbonyl (C=O) groups is 2. The number of ketones is 1. The topological polar surface area (TPSA) is 179 Å². The van der Waals surface area contributed by atoms with Gasteiger partial charge in [-0.15, -0.1) is 0 Å². The minimum absolute atomic E-state index is 0.0313. The maximum absolute atomic E-state index is 12.3. The van der Waals surface area contributed by atoms with Gasteiger partial charge in [0.1, 0.15) is 16.8 Å². The number of fused-ring (bicyclic) bond motifs is 1. The van der Waals surface area contributed by atoms with Gasteiger partial charge in [-0.3, -0.25) is 9.59 Å². The molecule has 1 amide bonds. The van der Waals surface area contributed by atoms with Crippen LogP contribution in [0.5, 0.6) is 5.75 Å². The highest BCUT2D eigenvalue weighted by Crippen LogP contribution is 2.14. The molecule has 0 atom stereocenters. The number of Topliss-reactive ketones (excluding diaryl/α,β-unsaturated/α-hetero) is 1. The predicted octanol–water partition coefficient (Wildman–Crippen LogP) is 2.77. The van der Waals surface area contributed by atoms with Crippen molar-refractivity contribution in [1.29, 1.82) is 0 Å². The molecule has 1 heterocycles. The first-order valence-corrected chi connectivity index (χ1v) is 17.0. The highest BCUT2D eigenvalue weighted by atomic mass is 16.6. The number of ether oxygens (including phenoxy) is 8. The van der Waals surface area contributed by atoms with E-state index in [0.717, 1.165) is 5.56 Å². The lowest BCUT2D eigenvalue weighted by molar-refractivity contribution is -0.122. The molecular weight excluding hydrogens is 654 g/mol. The van der Waals surface area contributed by atoms with E-state index < -0.39 is 0 Å². The molecule has 0 spiro atoms. The van der Waals surface area contributed by atoms with E-state index in [4.69, 9.17) is 37.9 Å². The second kappa shape index (κ2) is 27.2. The van der Waals surface area contributed by atoms with E-state index in [2.05, 4.69) is 20.3 Å². The normalized spacial score (nSPS) is 11.4. The minimum Gasteiger partial charge on any atom is -0.508 e. The van der Waals surface area contributed by atoms with Gasteiger partial charge >= 0.3 is 0 Å². The number of carbonyl (C=O) groups excluding carboxylic acids is 2. The Balaban J connectivity index is 0.937. The molecule has 50 heavy (non-hydrogen) atoms. The van der Waals surface area contributed by atoms with Crippen molar-refractivity contribution in [3.63, 3.8) is 0 Å². The van der Waals surface area contributed by atoms with Crippen molar-refractivity contribution < 1.29 is 57.2 Å². The molecule has 0 unspecified atom stereocenters. The molecule has 0 saturated heterocycles. The Bertz CT molecular complexity index is 1310. The number of aromatic hydroxyl groups is 1. The third-order valence-corrected chi connectivity index (χ3v) is 7.02. The van der Waals surface area contributed by atoms with Gasteiger partial charge in [-0.25, -0.2) is 4.63 Å². The predicted molar refractivity (Wildman–Crippen MR) is 181 cm³/mol. The van der Waals surface area contributed by atoms with E-state index >= 15 is 0 Å². The summed E-state index contributed by atoms with van der Waals surface area (Å²) in [4.78, 5) is 24.1. The Morgan fingerprint density at radius 3 is 1.60 bits per heavy atom. The highest BCUT2D eigenvalue weighted by Gasteiger charge is 2.09. The van der Waals surface area contributed by atoms with Crippen LogP contribution in [-0.4, -0.2) is 139 Å². The summed E-state index contributed by atoms with van der Waals surface area (Å²) in [5, 5.41) is 19.6. The molecule has 0 aliphatic rings. The third-order valence-electron chi connectivity index (χ3n) is 7.02. The number of amides is 1. The summed E-state index contributed by atoms with van der Waals surface area (Å²) in [5.74, 6) is 0.201. The second-order valence-electron chi connectivity index (χ2n) is 10.9. The zero-order valence-corrected chi connectivity index (χ0v) is 28.7. The molecule has 0 bridgehead atoms. The van der Waals surface area contributed by atoms with Gasteiger partial charge in [-0.1, -0.05) is 12.1 Å². The van der Waals surface area contributed by atoms with Crippen LogP contribution in [0.1, 0.15) is 35.2 Å². The van der Waals surface area contributed by atoms with Crippen molar-refractivity contribution in [3.8, 4) is 5.75 Å². The molecule has 0 aliphatic heterocycles. The van der Waals surface area contributed by atoms with Gasteiger partial charge in [0.25, 0.3) is 0 Å². The maximum Gasteiger partial charge on any atom is 0.222 e. The zero-order valence-electron chi connectivity index (χ0n) is 28.7. The number of phenols is 1. The van der Waals surface area contributed by atoms with Gasteiger partial charge in [-0.05, 0) is 59.1 Å². The molecule has 278 valence electrons. The molecule has 2 aromatic carbocycles. The van der Waals surface area contributed by atoms with Gasteiger partial charge in [0.15, 0.2) is 5.78 Å². The van der Waals surface area contributed by atoms with E-state index in [1.807, 2.05) is 12.1 Å². The standard InChI is InChI=1S/C35H51N3O12/c39-31-6-3-29(4-7-31)9-11-36-35(41)10-13-43-15-17-45-19-21-47-23-25-49-27-26-48-24-22-46-20-18-44-16-14-42-12-1-2-34(40)30-5-8-32-33(28-30)38-50-37-32/h3-8,28,39H,1-2,9-27H2,(H,36,41). The fourth-order valence-electron chi connectivity index (χ4n) is 4.34. The summed E-state index contributed by atoms with van der Waals surface area (Å²) >= 11 is 0. The van der Waals surface area contributed by atoms with Gasteiger partial charge in [0.05, 0.1) is 99.1 Å². The maximum atomic E-state index is 12.3. The summed E-state index contributed by atoms with van der Waals surface area (Å²) in [6.07, 6.45) is 2.02. The summed E-state index contributed by atoms with van der Waals surface area (Å²) in [7, 11) is 0. The van der Waals surface area contributed by atoms with E-state index in [-0.39, 0.29) is 17.4 Å². The molecule has 0 radical (unpaired) electrons. The van der Waals surface area contributed by atoms with Gasteiger partial charge in [0.2, 0.25) is 5.91 Å². The Hall–Kier alpha value is -3.54. The van der Waals surface area contributed by atoms with Crippen LogP contribution in [0.25, 0.3) is 11.0 Å². The molecule has 3 aromatic rings. The van der Waals surface area contributed by atoms with Gasteiger partial charge < -0.3 is 48.3 Å². The van der Waals surface area contributed by atoms with E-state index in [0.29, 0.717) is 155 Å². The number of phenolic OH excluding ortho intramolecular Hbond substituents is 1. The quantitative estimate of drug-likeness (QED) is 0.0715. The number of hydrogen-bond donors (Lipinski definition) is 2. The van der Waals surface area contributed by atoms with Crippen LogP contribution in [0, 0.1) is 0 Å². The molecule has 0 saturated carbocycles. The Kier molecular flexibility index (Phi) is 22.3. The van der Waals surface area contributed by atoms with Crippen LogP contribution in [0.15, 0.2) is 47.1 Å². The minimum atomic E-state index is -0.0593. The number of nitrogens with zero attached hydrogens (tertiary/aromatic N) is 2. The Labute approximate surface area is 292 Å². The van der Waals surface area contributed by atoms with Crippen molar-refractivity contribution >= 4 is 22.7 Å². The van der Waals surface area contributed by atoms with Gasteiger partial charge in [-0.2, -0.15) is 0 Å². The van der Waals surface area contributed by atoms with Crippen molar-refractivity contribution in [2.75, 3.05) is 112 Å². The summed E-state index contributed by atoms with van der Waals surface area (Å²) in [6.45, 7) is 7.80. The molecule has 1 aromatic heterocycles. The molecule has 3 rings (SSSR count). The lowest BCUT2D eigenvalue weighted by Crippen LogP contribution is -2.26. The number of rotatable bonds is 32. The SMILES string of the molecule is O=C(CCOCCOCCOCCOCCOCCOCCOCCOCCCC(=O)c1ccc2nonc2c1)NCCc1ccc(O)cc1. The van der Waals surface area contributed by atoms with Crippen LogP contribution in [0.2, 0.25) is 0 Å². The van der Waals surface area contributed by atoms with Crippen molar-refractivity contribution in [2.45, 2.75) is 25.7 Å².